The Labute approximate surface area is 102 Å². The molecule has 0 spiro atoms. The molecule has 92 valence electrons. The number of nitrogens with two attached hydrogens (primary N) is 1. The predicted octanol–water partition coefficient (Wildman–Crippen LogP) is 1.72. The van der Waals surface area contributed by atoms with Crippen molar-refractivity contribution in [2.75, 3.05) is 13.2 Å². The van der Waals surface area contributed by atoms with Gasteiger partial charge in [-0.3, -0.25) is 0 Å². The number of hydrogen-bond donors (Lipinski definition) is 1. The van der Waals surface area contributed by atoms with E-state index in [0.29, 0.717) is 13.2 Å². The highest BCUT2D eigenvalue weighted by Crippen LogP contribution is 2.35. The quantitative estimate of drug-likeness (QED) is 0.846. The van der Waals surface area contributed by atoms with E-state index in [1.54, 1.807) is 0 Å². The van der Waals surface area contributed by atoms with Crippen molar-refractivity contribution in [3.8, 4) is 0 Å². The lowest BCUT2D eigenvalue weighted by molar-refractivity contribution is -0.160. The normalized spacial score (nSPS) is 31.8. The Morgan fingerprint density at radius 3 is 2.94 bits per heavy atom. The van der Waals surface area contributed by atoms with Crippen molar-refractivity contribution in [1.29, 1.82) is 0 Å². The maximum atomic E-state index is 5.90. The molecule has 1 heterocycles. The van der Waals surface area contributed by atoms with Gasteiger partial charge in [0.15, 0.2) is 5.79 Å². The third-order valence-corrected chi connectivity index (χ3v) is 3.82. The Balaban J connectivity index is 1.89. The van der Waals surface area contributed by atoms with E-state index in [-0.39, 0.29) is 6.10 Å². The lowest BCUT2D eigenvalue weighted by Crippen LogP contribution is -2.27. The highest BCUT2D eigenvalue weighted by Gasteiger charge is 2.38. The Morgan fingerprint density at radius 2 is 2.18 bits per heavy atom. The molecule has 0 saturated carbocycles. The van der Waals surface area contributed by atoms with Crippen LogP contribution in [0.4, 0.5) is 0 Å². The van der Waals surface area contributed by atoms with E-state index in [0.717, 1.165) is 5.56 Å². The molecule has 1 aliphatic carbocycles. The average Bonchev–Trinajstić information content (AvgIpc) is 2.94. The molecular weight excluding hydrogens is 214 g/mol. The largest absolute Gasteiger partial charge is 0.343 e. The zero-order valence-electron chi connectivity index (χ0n) is 10.2. The van der Waals surface area contributed by atoms with Gasteiger partial charge in [-0.25, -0.2) is 0 Å². The van der Waals surface area contributed by atoms with Gasteiger partial charge in [-0.2, -0.15) is 0 Å². The Hall–Kier alpha value is -0.900. The molecule has 1 aliphatic heterocycles. The van der Waals surface area contributed by atoms with Crippen LogP contribution < -0.4 is 5.73 Å². The molecule has 1 aromatic carbocycles. The number of benzene rings is 1. The van der Waals surface area contributed by atoms with Gasteiger partial charge in [0.25, 0.3) is 0 Å². The number of rotatable bonds is 2. The molecule has 3 heteroatoms. The molecule has 0 bridgehead atoms. The summed E-state index contributed by atoms with van der Waals surface area (Å²) < 4.78 is 11.7. The highest BCUT2D eigenvalue weighted by atomic mass is 16.7. The van der Waals surface area contributed by atoms with Gasteiger partial charge in [0.05, 0.1) is 12.7 Å². The minimum Gasteiger partial charge on any atom is -0.343 e. The minimum absolute atomic E-state index is 0.0215. The zero-order valence-corrected chi connectivity index (χ0v) is 10.2. The van der Waals surface area contributed by atoms with Crippen molar-refractivity contribution >= 4 is 0 Å². The van der Waals surface area contributed by atoms with Crippen LogP contribution in [0.15, 0.2) is 18.2 Å². The molecule has 0 aromatic heterocycles. The first kappa shape index (κ1) is 11.2. The standard InChI is InChI=1S/C14H19NO2/c1-14(16-9-13(8-15)17-14)12-6-5-10-3-2-4-11(10)7-12/h5-7,13H,2-4,8-9,15H2,1H3. The summed E-state index contributed by atoms with van der Waals surface area (Å²) in [6.45, 7) is 3.09. The van der Waals surface area contributed by atoms with Crippen LogP contribution in [0.25, 0.3) is 0 Å². The molecule has 2 aliphatic rings. The Kier molecular flexibility index (Phi) is 2.69. The third kappa shape index (κ3) is 1.88. The van der Waals surface area contributed by atoms with E-state index in [2.05, 4.69) is 18.2 Å². The summed E-state index contributed by atoms with van der Waals surface area (Å²) in [5.74, 6) is -0.609. The van der Waals surface area contributed by atoms with Crippen molar-refractivity contribution < 1.29 is 9.47 Å². The maximum absolute atomic E-state index is 5.90. The van der Waals surface area contributed by atoms with Crippen molar-refractivity contribution in [3.63, 3.8) is 0 Å². The van der Waals surface area contributed by atoms with Crippen molar-refractivity contribution in [2.45, 2.75) is 38.1 Å². The topological polar surface area (TPSA) is 44.5 Å². The summed E-state index contributed by atoms with van der Waals surface area (Å²) in [6.07, 6.45) is 3.68. The summed E-state index contributed by atoms with van der Waals surface area (Å²) >= 11 is 0. The average molecular weight is 233 g/mol. The van der Waals surface area contributed by atoms with Gasteiger partial charge >= 0.3 is 0 Å². The molecule has 3 rings (SSSR count). The second kappa shape index (κ2) is 4.09. The molecule has 3 nitrogen and oxygen atoms in total. The van der Waals surface area contributed by atoms with Gasteiger partial charge < -0.3 is 15.2 Å². The second-order valence-electron chi connectivity index (χ2n) is 5.07. The summed E-state index contributed by atoms with van der Waals surface area (Å²) in [5.41, 5.74) is 9.67. The maximum Gasteiger partial charge on any atom is 0.192 e. The molecule has 0 amide bonds. The van der Waals surface area contributed by atoms with E-state index in [4.69, 9.17) is 15.2 Å². The Bertz CT molecular complexity index is 432. The van der Waals surface area contributed by atoms with Crippen LogP contribution in [-0.4, -0.2) is 19.3 Å². The van der Waals surface area contributed by atoms with Gasteiger partial charge in [0, 0.05) is 12.1 Å². The smallest absolute Gasteiger partial charge is 0.192 e. The van der Waals surface area contributed by atoms with E-state index in [9.17, 15) is 0 Å². The van der Waals surface area contributed by atoms with E-state index in [1.807, 2.05) is 6.92 Å². The van der Waals surface area contributed by atoms with Gasteiger partial charge in [0.2, 0.25) is 0 Å². The first-order valence-electron chi connectivity index (χ1n) is 6.35. The van der Waals surface area contributed by atoms with Crippen LogP contribution in [0.5, 0.6) is 0 Å². The SMILES string of the molecule is CC1(c2ccc3c(c2)CCC3)OCC(CN)O1. The number of fused-ring (bicyclic) bond motifs is 1. The van der Waals surface area contributed by atoms with Gasteiger partial charge in [-0.05, 0) is 37.3 Å². The molecule has 2 unspecified atom stereocenters. The molecule has 1 aromatic rings. The van der Waals surface area contributed by atoms with Crippen LogP contribution in [0, 0.1) is 0 Å². The summed E-state index contributed by atoms with van der Waals surface area (Å²) in [7, 11) is 0. The molecule has 1 fully saturated rings. The van der Waals surface area contributed by atoms with Crippen molar-refractivity contribution in [3.05, 3.63) is 34.9 Å². The first-order valence-corrected chi connectivity index (χ1v) is 6.35. The monoisotopic (exact) mass is 233 g/mol. The molecular formula is C14H19NO2. The van der Waals surface area contributed by atoms with Crippen LogP contribution in [0.2, 0.25) is 0 Å². The van der Waals surface area contributed by atoms with Gasteiger partial charge in [-0.1, -0.05) is 18.2 Å². The predicted molar refractivity (Wildman–Crippen MR) is 65.7 cm³/mol. The fraction of sp³-hybridized carbons (Fsp3) is 0.571. The van der Waals surface area contributed by atoms with Crippen LogP contribution in [0.1, 0.15) is 30.0 Å². The van der Waals surface area contributed by atoms with Gasteiger partial charge in [-0.15, -0.1) is 0 Å². The zero-order chi connectivity index (χ0) is 11.9. The molecule has 2 atom stereocenters. The van der Waals surface area contributed by atoms with E-state index >= 15 is 0 Å². The fourth-order valence-electron chi connectivity index (χ4n) is 2.76. The summed E-state index contributed by atoms with van der Waals surface area (Å²) in [4.78, 5) is 0. The van der Waals surface area contributed by atoms with E-state index < -0.39 is 5.79 Å². The lowest BCUT2D eigenvalue weighted by atomic mass is 10.0. The lowest BCUT2D eigenvalue weighted by Gasteiger charge is -2.24. The summed E-state index contributed by atoms with van der Waals surface area (Å²) in [5, 5.41) is 0. The van der Waals surface area contributed by atoms with Crippen LogP contribution >= 0.6 is 0 Å². The number of ether oxygens (including phenoxy) is 2. The van der Waals surface area contributed by atoms with E-state index in [1.165, 1.54) is 30.4 Å². The molecule has 0 radical (unpaired) electrons. The first-order chi connectivity index (χ1) is 8.21. The van der Waals surface area contributed by atoms with Gasteiger partial charge in [0.1, 0.15) is 0 Å². The van der Waals surface area contributed by atoms with Crippen molar-refractivity contribution in [1.82, 2.24) is 0 Å². The summed E-state index contributed by atoms with van der Waals surface area (Å²) in [6, 6.07) is 6.58. The minimum atomic E-state index is -0.609. The molecule has 1 saturated heterocycles. The van der Waals surface area contributed by atoms with Crippen LogP contribution in [0.3, 0.4) is 0 Å². The number of hydrogen-bond acceptors (Lipinski definition) is 3. The fourth-order valence-corrected chi connectivity index (χ4v) is 2.76. The second-order valence-corrected chi connectivity index (χ2v) is 5.07. The molecule has 2 N–H and O–H groups in total. The molecule has 17 heavy (non-hydrogen) atoms. The third-order valence-electron chi connectivity index (χ3n) is 3.82. The Morgan fingerprint density at radius 1 is 1.35 bits per heavy atom. The van der Waals surface area contributed by atoms with Crippen molar-refractivity contribution in [2.24, 2.45) is 5.73 Å². The highest BCUT2D eigenvalue weighted by molar-refractivity contribution is 5.37. The number of aryl methyl sites for hydroxylation is 2. The van der Waals surface area contributed by atoms with Crippen LogP contribution in [-0.2, 0) is 28.1 Å².